The van der Waals surface area contributed by atoms with Crippen LogP contribution in [0.2, 0.25) is 0 Å². The zero-order valence-corrected chi connectivity index (χ0v) is 17.4. The van der Waals surface area contributed by atoms with Crippen molar-refractivity contribution in [2.75, 3.05) is 9.80 Å². The van der Waals surface area contributed by atoms with Crippen LogP contribution in [-0.2, 0) is 22.4 Å². The highest BCUT2D eigenvalue weighted by Crippen LogP contribution is 2.48. The van der Waals surface area contributed by atoms with E-state index in [9.17, 15) is 19.8 Å². The van der Waals surface area contributed by atoms with Gasteiger partial charge in [0.05, 0.1) is 0 Å². The van der Waals surface area contributed by atoms with Crippen molar-refractivity contribution >= 4 is 23.2 Å². The summed E-state index contributed by atoms with van der Waals surface area (Å²) in [7, 11) is 0. The molecule has 2 heterocycles. The molecule has 2 aromatic rings. The van der Waals surface area contributed by atoms with E-state index in [0.717, 1.165) is 0 Å². The summed E-state index contributed by atoms with van der Waals surface area (Å²) in [4.78, 5) is 29.5. The van der Waals surface area contributed by atoms with E-state index in [-0.39, 0.29) is 23.3 Å². The highest BCUT2D eigenvalue weighted by molar-refractivity contribution is 6.05. The Bertz CT molecular complexity index is 990. The van der Waals surface area contributed by atoms with Crippen molar-refractivity contribution in [3.8, 4) is 11.5 Å². The third-order valence-electron chi connectivity index (χ3n) is 6.18. The maximum Gasteiger partial charge on any atom is 0.229 e. The monoisotopic (exact) mass is 418 g/mol. The van der Waals surface area contributed by atoms with Crippen LogP contribution < -0.4 is 9.80 Å². The summed E-state index contributed by atoms with van der Waals surface area (Å²) in [5, 5.41) is 20.3. The van der Waals surface area contributed by atoms with Gasteiger partial charge in [0, 0.05) is 24.2 Å². The van der Waals surface area contributed by atoms with Crippen molar-refractivity contribution in [2.24, 2.45) is 0 Å². The molecule has 0 atom stereocenters. The van der Waals surface area contributed by atoms with Gasteiger partial charge < -0.3 is 10.2 Å². The number of benzene rings is 2. The molecule has 0 aliphatic carbocycles. The van der Waals surface area contributed by atoms with Crippen molar-refractivity contribution in [2.45, 2.75) is 44.2 Å². The molecule has 2 aliphatic heterocycles. The molecule has 2 aliphatic rings. The molecule has 2 amide bonds. The first-order valence-electron chi connectivity index (χ1n) is 10.4. The molecule has 0 saturated carbocycles. The molecule has 1 spiro atoms. The smallest absolute Gasteiger partial charge is 0.229 e. The second-order valence-corrected chi connectivity index (χ2v) is 8.05. The number of phenols is 2. The minimum Gasteiger partial charge on any atom is -0.508 e. The van der Waals surface area contributed by atoms with Gasteiger partial charge in [0.25, 0.3) is 0 Å². The number of allylic oxidation sites excluding steroid dienone is 2. The first kappa shape index (κ1) is 20.7. The molecule has 160 valence electrons. The fourth-order valence-corrected chi connectivity index (χ4v) is 4.80. The van der Waals surface area contributed by atoms with Crippen LogP contribution in [-0.4, -0.2) is 27.7 Å². The average molecular weight is 418 g/mol. The molecule has 2 N–H and O–H groups in total. The number of nitrogens with zero attached hydrogens (tertiary/aromatic N) is 2. The van der Waals surface area contributed by atoms with Gasteiger partial charge in [-0.1, -0.05) is 12.2 Å². The fourth-order valence-electron chi connectivity index (χ4n) is 4.80. The van der Waals surface area contributed by atoms with Crippen LogP contribution in [0.5, 0.6) is 11.5 Å². The number of carbonyl (C=O) groups is 2. The third kappa shape index (κ3) is 3.38. The van der Waals surface area contributed by atoms with Crippen LogP contribution in [0.3, 0.4) is 0 Å². The zero-order chi connectivity index (χ0) is 22.2. The largest absolute Gasteiger partial charge is 0.508 e. The van der Waals surface area contributed by atoms with Crippen LogP contribution in [0.4, 0.5) is 11.4 Å². The maximum absolute atomic E-state index is 13.0. The van der Waals surface area contributed by atoms with Crippen molar-refractivity contribution in [3.63, 3.8) is 0 Å². The van der Waals surface area contributed by atoms with Crippen molar-refractivity contribution < 1.29 is 19.8 Å². The minimum atomic E-state index is -0.807. The lowest BCUT2D eigenvalue weighted by atomic mass is 10.0. The van der Waals surface area contributed by atoms with Gasteiger partial charge >= 0.3 is 0 Å². The summed E-state index contributed by atoms with van der Waals surface area (Å²) in [5.41, 5.74) is 1.86. The van der Waals surface area contributed by atoms with Crippen molar-refractivity contribution in [1.82, 2.24) is 0 Å². The Balaban J connectivity index is 1.82. The summed E-state index contributed by atoms with van der Waals surface area (Å²) in [6.45, 7) is 7.46. The molecular weight excluding hydrogens is 392 g/mol. The van der Waals surface area contributed by atoms with Gasteiger partial charge in [-0.2, -0.15) is 0 Å². The molecule has 31 heavy (non-hydrogen) atoms. The summed E-state index contributed by atoms with van der Waals surface area (Å²) < 4.78 is 0. The Morgan fingerprint density at radius 1 is 0.806 bits per heavy atom. The fraction of sp³-hybridized carbons (Fsp3) is 0.280. The molecule has 2 aromatic carbocycles. The number of hydrogen-bond donors (Lipinski definition) is 2. The Morgan fingerprint density at radius 3 is 1.61 bits per heavy atom. The highest BCUT2D eigenvalue weighted by Gasteiger charge is 2.56. The molecule has 6 heteroatoms. The number of rotatable bonds is 6. The van der Waals surface area contributed by atoms with E-state index in [1.807, 2.05) is 0 Å². The standard InChI is InChI=1S/C25H26N2O4/c1-3-5-17-15-19(7-9-21(17)28)26-23(30)11-13-25(26)14-12-24(31)27(25)20-8-10-22(29)18(16-20)6-4-2/h3-4,7-10,15-16,28-29H,1-2,5-6,11-14H2. The van der Waals surface area contributed by atoms with E-state index < -0.39 is 5.66 Å². The summed E-state index contributed by atoms with van der Waals surface area (Å²) >= 11 is 0. The van der Waals surface area contributed by atoms with Gasteiger partial charge in [0.1, 0.15) is 17.2 Å². The van der Waals surface area contributed by atoms with Crippen LogP contribution in [0.25, 0.3) is 0 Å². The lowest BCUT2D eigenvalue weighted by molar-refractivity contribution is -0.117. The lowest BCUT2D eigenvalue weighted by Gasteiger charge is -2.42. The topological polar surface area (TPSA) is 81.1 Å². The maximum atomic E-state index is 13.0. The third-order valence-corrected chi connectivity index (χ3v) is 6.18. The molecule has 0 aromatic heterocycles. The molecule has 0 radical (unpaired) electrons. The minimum absolute atomic E-state index is 0.0555. The second-order valence-electron chi connectivity index (χ2n) is 8.05. The molecular formula is C25H26N2O4. The van der Waals surface area contributed by atoms with Crippen molar-refractivity contribution in [3.05, 3.63) is 72.8 Å². The lowest BCUT2D eigenvalue weighted by Crippen LogP contribution is -2.56. The SMILES string of the molecule is C=CCc1cc(N2C(=O)CCC23CCC(=O)N3c2ccc(O)c(CC=C)c2)ccc1O. The first-order chi connectivity index (χ1) is 14.9. The van der Waals surface area contributed by atoms with E-state index in [0.29, 0.717) is 61.0 Å². The van der Waals surface area contributed by atoms with Gasteiger partial charge in [0.15, 0.2) is 0 Å². The van der Waals surface area contributed by atoms with E-state index in [1.54, 1.807) is 58.4 Å². The molecule has 4 rings (SSSR count). The molecule has 0 bridgehead atoms. The quantitative estimate of drug-likeness (QED) is 0.689. The van der Waals surface area contributed by atoms with Crippen LogP contribution in [0, 0.1) is 0 Å². The van der Waals surface area contributed by atoms with Crippen LogP contribution in [0.1, 0.15) is 36.8 Å². The van der Waals surface area contributed by atoms with E-state index in [4.69, 9.17) is 0 Å². The number of aromatic hydroxyl groups is 2. The predicted molar refractivity (Wildman–Crippen MR) is 120 cm³/mol. The first-order valence-corrected chi connectivity index (χ1v) is 10.4. The molecule has 6 nitrogen and oxygen atoms in total. The number of carbonyl (C=O) groups excluding carboxylic acids is 2. The summed E-state index contributed by atoms with van der Waals surface area (Å²) in [6.07, 6.45) is 6.05. The number of phenolic OH excluding ortho intramolecular Hbond substituents is 2. The summed E-state index contributed by atoms with van der Waals surface area (Å²) in [5.74, 6) is 0.188. The number of anilines is 2. The van der Waals surface area contributed by atoms with Gasteiger partial charge in [0.2, 0.25) is 11.8 Å². The Hall–Kier alpha value is -3.54. The second kappa shape index (κ2) is 7.95. The van der Waals surface area contributed by atoms with Crippen LogP contribution in [0.15, 0.2) is 61.7 Å². The average Bonchev–Trinajstić information content (AvgIpc) is 3.25. The Morgan fingerprint density at radius 2 is 1.23 bits per heavy atom. The van der Waals surface area contributed by atoms with E-state index >= 15 is 0 Å². The number of hydrogen-bond acceptors (Lipinski definition) is 4. The van der Waals surface area contributed by atoms with Crippen LogP contribution >= 0.6 is 0 Å². The Kier molecular flexibility index (Phi) is 5.31. The normalized spacial score (nSPS) is 17.5. The molecule has 2 saturated heterocycles. The number of amides is 2. The molecule has 2 fully saturated rings. The van der Waals surface area contributed by atoms with Gasteiger partial charge in [-0.25, -0.2) is 0 Å². The Labute approximate surface area is 181 Å². The van der Waals surface area contributed by atoms with Gasteiger partial charge in [-0.3, -0.25) is 19.4 Å². The highest BCUT2D eigenvalue weighted by atomic mass is 16.3. The van der Waals surface area contributed by atoms with Gasteiger partial charge in [-0.15, -0.1) is 13.2 Å². The molecule has 0 unspecified atom stereocenters. The van der Waals surface area contributed by atoms with E-state index in [1.165, 1.54) is 0 Å². The predicted octanol–water partition coefficient (Wildman–Crippen LogP) is 4.20. The van der Waals surface area contributed by atoms with Crippen molar-refractivity contribution in [1.29, 1.82) is 0 Å². The van der Waals surface area contributed by atoms with Gasteiger partial charge in [-0.05, 0) is 73.2 Å². The summed E-state index contributed by atoms with van der Waals surface area (Å²) in [6, 6.07) is 10.2. The zero-order valence-electron chi connectivity index (χ0n) is 17.4. The van der Waals surface area contributed by atoms with E-state index in [2.05, 4.69) is 13.2 Å².